The van der Waals surface area contributed by atoms with Crippen molar-refractivity contribution in [3.05, 3.63) is 98.6 Å². The number of carbonyl (C=O) groups is 8. The molecule has 0 spiro atoms. The number of benzene rings is 2. The number of cyclic esters (lactones) is 1. The van der Waals surface area contributed by atoms with Crippen LogP contribution in [0.2, 0.25) is 0 Å². The van der Waals surface area contributed by atoms with Crippen LogP contribution in [0.15, 0.2) is 59.5 Å². The van der Waals surface area contributed by atoms with Gasteiger partial charge in [-0.2, -0.15) is 0 Å². The van der Waals surface area contributed by atoms with E-state index in [4.69, 9.17) is 28.7 Å². The van der Waals surface area contributed by atoms with Gasteiger partial charge in [-0.15, -0.1) is 5.10 Å². The van der Waals surface area contributed by atoms with Crippen LogP contribution in [0.3, 0.4) is 0 Å². The molecule has 3 amide bonds. The molecule has 9 rings (SSSR count). The van der Waals surface area contributed by atoms with Crippen molar-refractivity contribution in [2.75, 3.05) is 44.9 Å². The number of unbranched alkanes of at least 4 members (excludes halogenated alkanes) is 2. The Morgan fingerprint density at radius 3 is 2.34 bits per heavy atom. The lowest BCUT2D eigenvalue weighted by molar-refractivity contribution is -0.175. The molecular weight excluding hydrogens is 1130 g/mol. The number of phenolic OH excluding ortho intramolecular Hbond substituents is 1. The van der Waals surface area contributed by atoms with Crippen molar-refractivity contribution in [2.24, 2.45) is 23.7 Å². The molecule has 472 valence electrons. The van der Waals surface area contributed by atoms with E-state index < -0.39 is 23.6 Å². The Morgan fingerprint density at radius 1 is 0.875 bits per heavy atom. The van der Waals surface area contributed by atoms with Gasteiger partial charge in [0.25, 0.3) is 5.56 Å². The maximum absolute atomic E-state index is 13.6. The number of hydrogen-bond acceptors (Lipinski definition) is 18. The maximum atomic E-state index is 13.6. The summed E-state index contributed by atoms with van der Waals surface area (Å²) in [5.41, 5.74) is 4.76. The SMILES string of the molecule is CCCCCC(CC(=O)COCC(=O)CCCOCCn1cc(CCC(=O)C2CCC(CN3C(=O)CC(C)C3=O)CC2)nn1)C(=O)Nc1ccc(C)cc1.CCOC(=O)OC1(CC)C(=O)OCc2c1cc1n(c2=O)Cc2c-1nc1ccc(O)cc1c2CC. The van der Waals surface area contributed by atoms with Gasteiger partial charge in [0.2, 0.25) is 23.3 Å². The van der Waals surface area contributed by atoms with Crippen LogP contribution in [0.1, 0.15) is 158 Å². The zero-order chi connectivity index (χ0) is 63.1. The van der Waals surface area contributed by atoms with E-state index in [1.807, 2.05) is 44.3 Å². The average Bonchev–Trinajstić information content (AvgIpc) is 1.48. The van der Waals surface area contributed by atoms with Crippen LogP contribution in [0, 0.1) is 30.6 Å². The largest absolute Gasteiger partial charge is 0.509 e. The van der Waals surface area contributed by atoms with E-state index in [9.17, 15) is 48.3 Å². The number of aromatic nitrogens is 5. The average molecular weight is 1210 g/mol. The monoisotopic (exact) mass is 1210 g/mol. The summed E-state index contributed by atoms with van der Waals surface area (Å²) in [7, 11) is 0. The molecular formula is C66H83N7O15. The van der Waals surface area contributed by atoms with Crippen LogP contribution in [0.25, 0.3) is 22.3 Å². The van der Waals surface area contributed by atoms with Gasteiger partial charge in [0.05, 0.1) is 54.5 Å². The minimum absolute atomic E-state index is 0.0111. The Hall–Kier alpha value is -7.98. The normalized spacial score (nSPS) is 18.8. The van der Waals surface area contributed by atoms with Crippen molar-refractivity contribution in [1.29, 1.82) is 0 Å². The highest BCUT2D eigenvalue weighted by molar-refractivity contribution is 6.03. The molecule has 6 heterocycles. The molecule has 4 aliphatic rings. The van der Waals surface area contributed by atoms with Crippen molar-refractivity contribution in [3.63, 3.8) is 0 Å². The number of imide groups is 1. The summed E-state index contributed by atoms with van der Waals surface area (Å²) in [5, 5.41) is 22.1. The number of nitrogens with zero attached hydrogens (tertiary/aromatic N) is 6. The highest BCUT2D eigenvalue weighted by Gasteiger charge is 2.51. The Balaban J connectivity index is 0.000000251. The van der Waals surface area contributed by atoms with Gasteiger partial charge in [-0.25, -0.2) is 19.3 Å². The van der Waals surface area contributed by atoms with Gasteiger partial charge in [0.15, 0.2) is 11.6 Å². The smallest absolute Gasteiger partial charge is 0.508 e. The molecule has 3 atom stereocenters. The number of hydrogen-bond donors (Lipinski definition) is 2. The number of likely N-dealkylation sites (tertiary alicyclic amines) is 1. The van der Waals surface area contributed by atoms with Gasteiger partial charge < -0.3 is 38.7 Å². The highest BCUT2D eigenvalue weighted by Crippen LogP contribution is 2.43. The van der Waals surface area contributed by atoms with E-state index >= 15 is 0 Å². The zero-order valence-corrected chi connectivity index (χ0v) is 51.5. The van der Waals surface area contributed by atoms with Crippen LogP contribution in [-0.4, -0.2) is 121 Å². The molecule has 2 N–H and O–H groups in total. The van der Waals surface area contributed by atoms with Gasteiger partial charge >= 0.3 is 12.1 Å². The van der Waals surface area contributed by atoms with Crippen molar-refractivity contribution in [2.45, 2.75) is 170 Å². The van der Waals surface area contributed by atoms with Crippen LogP contribution in [-0.2, 0) is 95.4 Å². The minimum atomic E-state index is -1.78. The van der Waals surface area contributed by atoms with Gasteiger partial charge in [0, 0.05) is 91.4 Å². The molecule has 88 heavy (non-hydrogen) atoms. The van der Waals surface area contributed by atoms with E-state index in [-0.39, 0.29) is 115 Å². The third-order valence-electron chi connectivity index (χ3n) is 17.1. The number of nitrogens with one attached hydrogen (secondary N) is 1. The predicted molar refractivity (Wildman–Crippen MR) is 324 cm³/mol. The first kappa shape index (κ1) is 66.0. The number of amides is 3. The van der Waals surface area contributed by atoms with Crippen molar-refractivity contribution < 1.29 is 67.1 Å². The molecule has 0 radical (unpaired) electrons. The molecule has 22 heteroatoms. The van der Waals surface area contributed by atoms with Gasteiger partial charge in [-0.05, 0) is 113 Å². The van der Waals surface area contributed by atoms with Crippen LogP contribution in [0.5, 0.6) is 5.75 Å². The Morgan fingerprint density at radius 2 is 1.64 bits per heavy atom. The second-order valence-corrected chi connectivity index (χ2v) is 23.5. The van der Waals surface area contributed by atoms with Crippen molar-refractivity contribution in [3.8, 4) is 17.1 Å². The lowest BCUT2D eigenvalue weighted by atomic mass is 9.79. The molecule has 22 nitrogen and oxygen atoms in total. The number of ketones is 3. The number of esters is 1. The van der Waals surface area contributed by atoms with E-state index in [2.05, 4.69) is 22.6 Å². The number of rotatable bonds is 29. The molecule has 1 aliphatic carbocycles. The summed E-state index contributed by atoms with van der Waals surface area (Å²) in [4.78, 5) is 120. The first-order valence-corrected chi connectivity index (χ1v) is 31.1. The molecule has 1 saturated heterocycles. The fourth-order valence-corrected chi connectivity index (χ4v) is 12.1. The van der Waals surface area contributed by atoms with Gasteiger partial charge in [0.1, 0.15) is 31.4 Å². The Labute approximate surface area is 512 Å². The number of aryl methyl sites for hydroxylation is 3. The fourth-order valence-electron chi connectivity index (χ4n) is 12.1. The Bertz CT molecular complexity index is 3420. The van der Waals surface area contributed by atoms with Gasteiger partial charge in [-0.3, -0.25) is 38.5 Å². The number of fused-ring (bicyclic) bond motifs is 5. The summed E-state index contributed by atoms with van der Waals surface area (Å²) in [6, 6.07) is 14.2. The van der Waals surface area contributed by atoms with Gasteiger partial charge in [-0.1, -0.05) is 69.9 Å². The fraction of sp³-hybridized carbons (Fsp3) is 0.545. The molecule has 3 aliphatic heterocycles. The number of carbonyl (C=O) groups excluding carboxylic acids is 8. The number of aromatic hydroxyl groups is 1. The number of anilines is 1. The summed E-state index contributed by atoms with van der Waals surface area (Å²) in [6.45, 7) is 12.8. The number of Topliss-reactive ketones (excluding diaryl/α,β-unsaturated/α-hetero) is 3. The second-order valence-electron chi connectivity index (χ2n) is 23.5. The number of ether oxygens (including phenoxy) is 5. The second kappa shape index (κ2) is 30.8. The summed E-state index contributed by atoms with van der Waals surface area (Å²) in [6.07, 6.45) is 10.4. The van der Waals surface area contributed by atoms with E-state index in [1.54, 1.807) is 54.3 Å². The number of pyridine rings is 2. The predicted octanol–water partition coefficient (Wildman–Crippen LogP) is 8.99. The summed E-state index contributed by atoms with van der Waals surface area (Å²) < 4.78 is 30.1. The van der Waals surface area contributed by atoms with Crippen LogP contribution >= 0.6 is 0 Å². The molecule has 2 aromatic carbocycles. The molecule has 1 saturated carbocycles. The van der Waals surface area contributed by atoms with Crippen molar-refractivity contribution >= 4 is 63.8 Å². The minimum Gasteiger partial charge on any atom is -0.508 e. The topological polar surface area (TPSA) is 284 Å². The third-order valence-corrected chi connectivity index (χ3v) is 17.1. The van der Waals surface area contributed by atoms with Crippen LogP contribution < -0.4 is 10.9 Å². The number of phenols is 1. The molecule has 0 bridgehead atoms. The standard InChI is InChI=1S/C41H59N5O8.C25H24N2O7/c1-4-5-6-8-33(40(51)42-34-16-10-29(2)11-17-34)24-37(48)28-54-27-36(47)9-7-21-53-22-20-45-26-35(43-44-45)18-19-38(49)32-14-12-31(13-15-32)25-46-39(50)23-30(3)41(46)52;1-4-14-15-9-13(28)7-8-19(15)26-21-16(14)11-27-20(21)10-18-17(22(27)29)12-33-23(30)25(18,5-2)34-24(31)32-6-3/h10-11,16-17,26,30-33H,4-9,12-15,18-25,27-28H2,1-3H3,(H,42,51);7-10,28H,4-6,11-12H2,1-3H3. The summed E-state index contributed by atoms with van der Waals surface area (Å²) in [5.74, 6) is -1.40. The molecule has 2 fully saturated rings. The molecule has 3 aromatic heterocycles. The van der Waals surface area contributed by atoms with Crippen LogP contribution in [0.4, 0.5) is 10.5 Å². The van der Waals surface area contributed by atoms with E-state index in [0.29, 0.717) is 99.5 Å². The molecule has 5 aromatic rings. The third kappa shape index (κ3) is 16.2. The Kier molecular flexibility index (Phi) is 23.1. The lowest BCUT2D eigenvalue weighted by Crippen LogP contribution is -2.47. The summed E-state index contributed by atoms with van der Waals surface area (Å²) >= 11 is 0. The highest BCUT2D eigenvalue weighted by atomic mass is 16.7. The zero-order valence-electron chi connectivity index (χ0n) is 51.5. The maximum Gasteiger partial charge on any atom is 0.509 e. The lowest BCUT2D eigenvalue weighted by Gasteiger charge is -2.35. The van der Waals surface area contributed by atoms with E-state index in [0.717, 1.165) is 72.7 Å². The van der Waals surface area contributed by atoms with E-state index in [1.165, 1.54) is 4.90 Å². The quantitative estimate of drug-likeness (QED) is 0.0251. The first-order valence-electron chi connectivity index (χ1n) is 31.1. The molecule has 3 unspecified atom stereocenters. The van der Waals surface area contributed by atoms with Crippen molar-refractivity contribution in [1.82, 2.24) is 29.4 Å². The first-order chi connectivity index (χ1) is 42.4.